The third-order valence-electron chi connectivity index (χ3n) is 1.69. The van der Waals surface area contributed by atoms with Gasteiger partial charge < -0.3 is 10.5 Å². The lowest BCUT2D eigenvalue weighted by molar-refractivity contribution is -0.191. The summed E-state index contributed by atoms with van der Waals surface area (Å²) in [6.07, 6.45) is -6.97. The molecule has 1 rings (SSSR count). The average Bonchev–Trinajstić information content (AvgIpc) is 2.10. The molecule has 90 valence electrons. The molecule has 0 spiro atoms. The van der Waals surface area contributed by atoms with Crippen molar-refractivity contribution in [3.8, 4) is 5.75 Å². The Morgan fingerprint density at radius 2 is 1.62 bits per heavy atom. The first-order valence-electron chi connectivity index (χ1n) is 4.22. The Morgan fingerprint density at radius 3 is 2.00 bits per heavy atom. The first-order chi connectivity index (χ1) is 7.32. The summed E-state index contributed by atoms with van der Waals surface area (Å²) in [7, 11) is 0. The molecule has 0 aliphatic rings. The van der Waals surface area contributed by atoms with E-state index in [1.807, 2.05) is 0 Å². The highest BCUT2D eigenvalue weighted by Gasteiger charge is 2.40. The van der Waals surface area contributed by atoms with Gasteiger partial charge in [-0.25, -0.2) is 8.78 Å². The van der Waals surface area contributed by atoms with E-state index in [0.29, 0.717) is 18.2 Å². The van der Waals surface area contributed by atoms with E-state index in [4.69, 9.17) is 5.73 Å². The normalized spacial score (nSPS) is 13.6. The van der Waals surface area contributed by atoms with Gasteiger partial charge in [0, 0.05) is 24.7 Å². The van der Waals surface area contributed by atoms with Crippen molar-refractivity contribution in [2.75, 3.05) is 6.54 Å². The standard InChI is InChI=1S/C9H8F5NO/c10-5-1-6(11)3-7(2-5)16-8(4-15)9(12,13)14/h1-3,8H,4,15H2/t8-/m1/s1. The third kappa shape index (κ3) is 3.34. The van der Waals surface area contributed by atoms with E-state index in [9.17, 15) is 22.0 Å². The number of benzene rings is 1. The van der Waals surface area contributed by atoms with Crippen molar-refractivity contribution in [1.82, 2.24) is 0 Å². The maximum atomic E-state index is 12.6. The minimum atomic E-state index is -4.68. The molecule has 0 fully saturated rings. The Bertz CT molecular complexity index is 345. The maximum absolute atomic E-state index is 12.6. The molecule has 2 nitrogen and oxygen atoms in total. The van der Waals surface area contributed by atoms with Crippen LogP contribution in [-0.4, -0.2) is 18.8 Å². The van der Waals surface area contributed by atoms with Gasteiger partial charge in [-0.3, -0.25) is 0 Å². The van der Waals surface area contributed by atoms with Crippen LogP contribution < -0.4 is 10.5 Å². The summed E-state index contributed by atoms with van der Waals surface area (Å²) in [6, 6.07) is 1.83. The summed E-state index contributed by atoms with van der Waals surface area (Å²) >= 11 is 0. The molecular formula is C9H8F5NO. The molecule has 0 heterocycles. The summed E-state index contributed by atoms with van der Waals surface area (Å²) < 4.78 is 66.3. The van der Waals surface area contributed by atoms with Gasteiger partial charge in [-0.05, 0) is 0 Å². The lowest BCUT2D eigenvalue weighted by Crippen LogP contribution is -2.40. The maximum Gasteiger partial charge on any atom is 0.426 e. The highest BCUT2D eigenvalue weighted by Crippen LogP contribution is 2.25. The molecule has 0 aromatic heterocycles. The van der Waals surface area contributed by atoms with E-state index < -0.39 is 36.2 Å². The molecule has 2 N–H and O–H groups in total. The fourth-order valence-electron chi connectivity index (χ4n) is 1.01. The van der Waals surface area contributed by atoms with Crippen molar-refractivity contribution >= 4 is 0 Å². The van der Waals surface area contributed by atoms with Gasteiger partial charge >= 0.3 is 6.18 Å². The number of halogens is 5. The van der Waals surface area contributed by atoms with Crippen LogP contribution >= 0.6 is 0 Å². The number of hydrogen-bond acceptors (Lipinski definition) is 2. The second kappa shape index (κ2) is 4.65. The third-order valence-corrected chi connectivity index (χ3v) is 1.69. The second-order valence-corrected chi connectivity index (χ2v) is 2.99. The quantitative estimate of drug-likeness (QED) is 0.823. The van der Waals surface area contributed by atoms with Crippen molar-refractivity contribution in [3.05, 3.63) is 29.8 Å². The fraction of sp³-hybridized carbons (Fsp3) is 0.333. The molecule has 0 unspecified atom stereocenters. The van der Waals surface area contributed by atoms with Crippen LogP contribution in [0, 0.1) is 11.6 Å². The lowest BCUT2D eigenvalue weighted by atomic mass is 10.3. The smallest absolute Gasteiger partial charge is 0.426 e. The Morgan fingerprint density at radius 1 is 1.12 bits per heavy atom. The van der Waals surface area contributed by atoms with Gasteiger partial charge in [0.25, 0.3) is 0 Å². The van der Waals surface area contributed by atoms with Gasteiger partial charge in [-0.1, -0.05) is 0 Å². The zero-order valence-electron chi connectivity index (χ0n) is 7.89. The molecule has 0 saturated carbocycles. The molecule has 1 aromatic rings. The van der Waals surface area contributed by atoms with Crippen LogP contribution in [0.5, 0.6) is 5.75 Å². The Labute approximate surface area is 87.8 Å². The van der Waals surface area contributed by atoms with Crippen LogP contribution in [0.4, 0.5) is 22.0 Å². The van der Waals surface area contributed by atoms with Crippen molar-refractivity contribution < 1.29 is 26.7 Å². The fourth-order valence-corrected chi connectivity index (χ4v) is 1.01. The van der Waals surface area contributed by atoms with Gasteiger partial charge in [-0.2, -0.15) is 13.2 Å². The summed E-state index contributed by atoms with van der Waals surface area (Å²) in [5.74, 6) is -2.59. The summed E-state index contributed by atoms with van der Waals surface area (Å²) in [6.45, 7) is -0.832. The monoisotopic (exact) mass is 241 g/mol. The largest absolute Gasteiger partial charge is 0.479 e. The van der Waals surface area contributed by atoms with Crippen LogP contribution in [0.3, 0.4) is 0 Å². The van der Waals surface area contributed by atoms with Gasteiger partial charge in [0.15, 0.2) is 0 Å². The summed E-state index contributed by atoms with van der Waals surface area (Å²) in [5.41, 5.74) is 4.85. The van der Waals surface area contributed by atoms with Crippen LogP contribution in [0.2, 0.25) is 0 Å². The molecule has 7 heteroatoms. The zero-order chi connectivity index (χ0) is 12.3. The molecular weight excluding hydrogens is 233 g/mol. The highest BCUT2D eigenvalue weighted by molar-refractivity contribution is 5.24. The Kier molecular flexibility index (Phi) is 3.69. The van der Waals surface area contributed by atoms with Gasteiger partial charge in [0.05, 0.1) is 0 Å². The summed E-state index contributed by atoms with van der Waals surface area (Å²) in [4.78, 5) is 0. The molecule has 0 bridgehead atoms. The number of ether oxygens (including phenoxy) is 1. The molecule has 0 amide bonds. The van der Waals surface area contributed by atoms with Gasteiger partial charge in [0.1, 0.15) is 17.4 Å². The molecule has 0 aliphatic heterocycles. The van der Waals surface area contributed by atoms with Crippen LogP contribution in [-0.2, 0) is 0 Å². The predicted molar refractivity (Wildman–Crippen MR) is 45.9 cm³/mol. The molecule has 0 saturated heterocycles. The van der Waals surface area contributed by atoms with Crippen LogP contribution in [0.25, 0.3) is 0 Å². The van der Waals surface area contributed by atoms with E-state index in [0.717, 1.165) is 0 Å². The first-order valence-corrected chi connectivity index (χ1v) is 4.22. The minimum absolute atomic E-state index is 0.526. The van der Waals surface area contributed by atoms with E-state index in [2.05, 4.69) is 4.74 Å². The predicted octanol–water partition coefficient (Wildman–Crippen LogP) is 2.23. The van der Waals surface area contributed by atoms with E-state index in [1.54, 1.807) is 0 Å². The summed E-state index contributed by atoms with van der Waals surface area (Å²) in [5, 5.41) is 0. The van der Waals surface area contributed by atoms with E-state index >= 15 is 0 Å². The van der Waals surface area contributed by atoms with Crippen molar-refractivity contribution in [3.63, 3.8) is 0 Å². The number of rotatable bonds is 3. The number of alkyl halides is 3. The Balaban J connectivity index is 2.86. The SMILES string of the molecule is NC[C@@H](Oc1cc(F)cc(F)c1)C(F)(F)F. The van der Waals surface area contributed by atoms with Crippen LogP contribution in [0.1, 0.15) is 0 Å². The topological polar surface area (TPSA) is 35.2 Å². The molecule has 0 aliphatic carbocycles. The second-order valence-electron chi connectivity index (χ2n) is 2.99. The van der Waals surface area contributed by atoms with Gasteiger partial charge in [0.2, 0.25) is 6.10 Å². The van der Waals surface area contributed by atoms with Crippen molar-refractivity contribution in [1.29, 1.82) is 0 Å². The highest BCUT2D eigenvalue weighted by atomic mass is 19.4. The molecule has 16 heavy (non-hydrogen) atoms. The van der Waals surface area contributed by atoms with E-state index in [-0.39, 0.29) is 0 Å². The van der Waals surface area contributed by atoms with Crippen molar-refractivity contribution in [2.45, 2.75) is 12.3 Å². The lowest BCUT2D eigenvalue weighted by Gasteiger charge is -2.20. The van der Waals surface area contributed by atoms with Crippen LogP contribution in [0.15, 0.2) is 18.2 Å². The first kappa shape index (κ1) is 12.7. The number of nitrogens with two attached hydrogens (primary N) is 1. The van der Waals surface area contributed by atoms with Gasteiger partial charge in [-0.15, -0.1) is 0 Å². The van der Waals surface area contributed by atoms with Crippen molar-refractivity contribution in [2.24, 2.45) is 5.73 Å². The average molecular weight is 241 g/mol. The zero-order valence-corrected chi connectivity index (χ0v) is 7.89. The number of hydrogen-bond donors (Lipinski definition) is 1. The Hall–Kier alpha value is -1.37. The minimum Gasteiger partial charge on any atom is -0.479 e. The molecule has 1 aromatic carbocycles. The van der Waals surface area contributed by atoms with E-state index in [1.165, 1.54) is 0 Å². The molecule has 1 atom stereocenters. The molecule has 0 radical (unpaired) electrons.